The number of halogens is 2. The van der Waals surface area contributed by atoms with E-state index in [9.17, 15) is 18.7 Å². The van der Waals surface area contributed by atoms with Crippen molar-refractivity contribution in [2.24, 2.45) is 0 Å². The molecule has 1 saturated carbocycles. The highest BCUT2D eigenvalue weighted by molar-refractivity contribution is 5.79. The molecule has 0 spiro atoms. The van der Waals surface area contributed by atoms with E-state index in [1.807, 2.05) is 0 Å². The van der Waals surface area contributed by atoms with Crippen LogP contribution >= 0.6 is 0 Å². The molecule has 1 rings (SSSR count). The summed E-state index contributed by atoms with van der Waals surface area (Å²) in [5.41, 5.74) is -2.07. The van der Waals surface area contributed by atoms with Crippen LogP contribution in [-0.2, 0) is 9.53 Å². The summed E-state index contributed by atoms with van der Waals surface area (Å²) in [6, 6.07) is 0. The Morgan fingerprint density at radius 3 is 2.43 bits per heavy atom. The number of methoxy groups -OCH3 is 1. The number of hydrogen-bond acceptors (Lipinski definition) is 3. The predicted molar refractivity (Wildman–Crippen MR) is 45.2 cm³/mol. The average Bonchev–Trinajstić information content (AvgIpc) is 2.10. The van der Waals surface area contributed by atoms with Crippen LogP contribution in [0.2, 0.25) is 0 Å². The second-order valence-corrected chi connectivity index (χ2v) is 3.71. The summed E-state index contributed by atoms with van der Waals surface area (Å²) in [6.45, 7) is -0.808. The average molecular weight is 208 g/mol. The number of ether oxygens (including phenoxy) is 1. The van der Waals surface area contributed by atoms with Gasteiger partial charge in [0.1, 0.15) is 18.0 Å². The molecule has 1 N–H and O–H groups in total. The molecule has 0 aromatic carbocycles. The van der Waals surface area contributed by atoms with E-state index in [4.69, 9.17) is 0 Å². The molecule has 0 aliphatic heterocycles. The van der Waals surface area contributed by atoms with Gasteiger partial charge in [0, 0.05) is 20.0 Å². The first-order valence-corrected chi connectivity index (χ1v) is 4.52. The van der Waals surface area contributed by atoms with Gasteiger partial charge in [0.05, 0.1) is 0 Å². The molecule has 0 atom stereocenters. The van der Waals surface area contributed by atoms with E-state index in [1.165, 1.54) is 0 Å². The van der Waals surface area contributed by atoms with Gasteiger partial charge < -0.3 is 9.84 Å². The van der Waals surface area contributed by atoms with Crippen LogP contribution in [-0.4, -0.2) is 36.1 Å². The summed E-state index contributed by atoms with van der Waals surface area (Å²) in [4.78, 5) is 10.8. The lowest BCUT2D eigenvalue weighted by Crippen LogP contribution is -2.53. The number of carbonyl (C=O) groups is 1. The predicted octanol–water partition coefficient (Wildman–Crippen LogP) is 1.14. The monoisotopic (exact) mass is 208 g/mol. The lowest BCUT2D eigenvalue weighted by Gasteiger charge is -2.37. The highest BCUT2D eigenvalue weighted by atomic mass is 19.3. The van der Waals surface area contributed by atoms with Crippen LogP contribution in [0.4, 0.5) is 8.78 Å². The van der Waals surface area contributed by atoms with Crippen molar-refractivity contribution in [1.82, 2.24) is 0 Å². The SMILES string of the molecule is COCC(F)(F)C1(O)CCC(=O)CC1. The molecular weight excluding hydrogens is 194 g/mol. The molecule has 3 nitrogen and oxygen atoms in total. The van der Waals surface area contributed by atoms with Gasteiger partial charge in [-0.1, -0.05) is 0 Å². The standard InChI is InChI=1S/C9H14F2O3/c1-14-6-9(10,11)8(13)4-2-7(12)3-5-8/h13H,2-6H2,1H3. The quantitative estimate of drug-likeness (QED) is 0.756. The van der Waals surface area contributed by atoms with Crippen LogP contribution in [0.3, 0.4) is 0 Å². The maximum absolute atomic E-state index is 13.3. The van der Waals surface area contributed by atoms with Crippen molar-refractivity contribution < 1.29 is 23.4 Å². The summed E-state index contributed by atoms with van der Waals surface area (Å²) < 4.78 is 31.0. The minimum atomic E-state index is -3.28. The fraction of sp³-hybridized carbons (Fsp3) is 0.889. The number of Topliss-reactive ketones (excluding diaryl/α,β-unsaturated/α-hetero) is 1. The molecule has 0 heterocycles. The first kappa shape index (κ1) is 11.5. The highest BCUT2D eigenvalue weighted by Crippen LogP contribution is 2.39. The molecule has 0 saturated heterocycles. The highest BCUT2D eigenvalue weighted by Gasteiger charge is 2.53. The smallest absolute Gasteiger partial charge is 0.298 e. The zero-order chi connectivity index (χ0) is 10.8. The Kier molecular flexibility index (Phi) is 3.21. The van der Waals surface area contributed by atoms with Gasteiger partial charge in [-0.3, -0.25) is 4.79 Å². The number of alkyl halides is 2. The van der Waals surface area contributed by atoms with Gasteiger partial charge in [0.2, 0.25) is 0 Å². The zero-order valence-electron chi connectivity index (χ0n) is 8.06. The topological polar surface area (TPSA) is 46.5 Å². The Hall–Kier alpha value is -0.550. The summed E-state index contributed by atoms with van der Waals surface area (Å²) in [5.74, 6) is -3.34. The molecule has 1 aliphatic rings. The molecule has 0 amide bonds. The third kappa shape index (κ3) is 2.09. The fourth-order valence-corrected chi connectivity index (χ4v) is 1.62. The van der Waals surface area contributed by atoms with E-state index in [2.05, 4.69) is 4.74 Å². The molecule has 14 heavy (non-hydrogen) atoms. The molecule has 1 aliphatic carbocycles. The fourth-order valence-electron chi connectivity index (χ4n) is 1.62. The van der Waals surface area contributed by atoms with Crippen LogP contribution < -0.4 is 0 Å². The number of rotatable bonds is 3. The van der Waals surface area contributed by atoms with E-state index in [0.29, 0.717) is 0 Å². The third-order valence-corrected chi connectivity index (χ3v) is 2.64. The third-order valence-electron chi connectivity index (χ3n) is 2.64. The van der Waals surface area contributed by atoms with Gasteiger partial charge >= 0.3 is 0 Å². The van der Waals surface area contributed by atoms with Crippen LogP contribution in [0.25, 0.3) is 0 Å². The van der Waals surface area contributed by atoms with E-state index < -0.39 is 18.1 Å². The van der Waals surface area contributed by atoms with E-state index in [1.54, 1.807) is 0 Å². The molecule has 5 heteroatoms. The Labute approximate surface area is 81.1 Å². The van der Waals surface area contributed by atoms with Gasteiger partial charge in [-0.15, -0.1) is 0 Å². The maximum Gasteiger partial charge on any atom is 0.298 e. The van der Waals surface area contributed by atoms with Crippen LogP contribution in [0.5, 0.6) is 0 Å². The van der Waals surface area contributed by atoms with E-state index in [0.717, 1.165) is 7.11 Å². The second-order valence-electron chi connectivity index (χ2n) is 3.71. The van der Waals surface area contributed by atoms with Crippen molar-refractivity contribution in [3.63, 3.8) is 0 Å². The molecule has 82 valence electrons. The Bertz CT molecular complexity index is 218. The van der Waals surface area contributed by atoms with Gasteiger partial charge in [0.25, 0.3) is 5.92 Å². The molecule has 0 unspecified atom stereocenters. The van der Waals surface area contributed by atoms with Gasteiger partial charge in [-0.2, -0.15) is 0 Å². The van der Waals surface area contributed by atoms with Crippen molar-refractivity contribution in [3.8, 4) is 0 Å². The minimum Gasteiger partial charge on any atom is -0.383 e. The number of ketones is 1. The molecule has 1 fully saturated rings. The lowest BCUT2D eigenvalue weighted by atomic mass is 9.80. The summed E-state index contributed by atoms with van der Waals surface area (Å²) >= 11 is 0. The number of aliphatic hydroxyl groups is 1. The van der Waals surface area contributed by atoms with Crippen molar-refractivity contribution in [2.75, 3.05) is 13.7 Å². The minimum absolute atomic E-state index is 0.0236. The molecule has 0 bridgehead atoms. The Balaban J connectivity index is 2.69. The van der Waals surface area contributed by atoms with Crippen molar-refractivity contribution in [2.45, 2.75) is 37.2 Å². The van der Waals surface area contributed by atoms with Crippen LogP contribution in [0.1, 0.15) is 25.7 Å². The van der Waals surface area contributed by atoms with Gasteiger partial charge in [-0.05, 0) is 12.8 Å². The second kappa shape index (κ2) is 3.90. The normalized spacial score (nSPS) is 22.4. The van der Waals surface area contributed by atoms with Crippen molar-refractivity contribution in [1.29, 1.82) is 0 Å². The van der Waals surface area contributed by atoms with E-state index >= 15 is 0 Å². The van der Waals surface area contributed by atoms with Gasteiger partial charge in [0.15, 0.2) is 0 Å². The Morgan fingerprint density at radius 1 is 1.50 bits per heavy atom. The van der Waals surface area contributed by atoms with Crippen LogP contribution in [0.15, 0.2) is 0 Å². The van der Waals surface area contributed by atoms with Crippen molar-refractivity contribution in [3.05, 3.63) is 0 Å². The van der Waals surface area contributed by atoms with Crippen molar-refractivity contribution >= 4 is 5.78 Å². The number of carbonyl (C=O) groups excluding carboxylic acids is 1. The molecule has 0 aromatic heterocycles. The van der Waals surface area contributed by atoms with Crippen LogP contribution in [0, 0.1) is 0 Å². The van der Waals surface area contributed by atoms with E-state index in [-0.39, 0.29) is 31.5 Å². The summed E-state index contributed by atoms with van der Waals surface area (Å²) in [5, 5.41) is 9.67. The maximum atomic E-state index is 13.3. The molecular formula is C9H14F2O3. The summed E-state index contributed by atoms with van der Waals surface area (Å²) in [7, 11) is 1.16. The van der Waals surface area contributed by atoms with Gasteiger partial charge in [-0.25, -0.2) is 8.78 Å². The largest absolute Gasteiger partial charge is 0.383 e. The summed E-state index contributed by atoms with van der Waals surface area (Å²) in [6.07, 6.45) is -0.310. The number of hydrogen-bond donors (Lipinski definition) is 1. The molecule has 0 radical (unpaired) electrons. The first-order valence-electron chi connectivity index (χ1n) is 4.52. The first-order chi connectivity index (χ1) is 6.41. The zero-order valence-corrected chi connectivity index (χ0v) is 8.06. The molecule has 0 aromatic rings. The Morgan fingerprint density at radius 2 is 2.00 bits per heavy atom. The lowest BCUT2D eigenvalue weighted by molar-refractivity contribution is -0.215.